The predicted octanol–water partition coefficient (Wildman–Crippen LogP) is 4.10. The van der Waals surface area contributed by atoms with E-state index in [0.717, 1.165) is 15.7 Å². The van der Waals surface area contributed by atoms with Crippen LogP contribution in [0.25, 0.3) is 5.69 Å². The summed E-state index contributed by atoms with van der Waals surface area (Å²) in [5, 5.41) is 4.47. The topological polar surface area (TPSA) is 64.4 Å². The maximum Gasteiger partial charge on any atom is 0.295 e. The highest BCUT2D eigenvalue weighted by molar-refractivity contribution is 9.10. The zero-order valence-electron chi connectivity index (χ0n) is 16.8. The van der Waals surface area contributed by atoms with Crippen LogP contribution >= 0.6 is 15.9 Å². The van der Waals surface area contributed by atoms with Crippen LogP contribution in [0.5, 0.6) is 5.75 Å². The molecule has 0 saturated carbocycles. The van der Waals surface area contributed by atoms with Crippen molar-refractivity contribution in [3.8, 4) is 11.4 Å². The molecule has 0 bridgehead atoms. The number of ketones is 1. The molecular weight excluding hydrogens is 434 g/mol. The highest BCUT2D eigenvalue weighted by atomic mass is 79.9. The molecule has 0 aliphatic heterocycles. The molecule has 3 aromatic rings. The number of likely N-dealkylation sites (N-methyl/N-ethyl adjacent to an activating group) is 1. The predicted molar refractivity (Wildman–Crippen MR) is 115 cm³/mol. The van der Waals surface area contributed by atoms with Crippen molar-refractivity contribution < 1.29 is 14.3 Å². The van der Waals surface area contributed by atoms with Gasteiger partial charge in [0.05, 0.1) is 29.7 Å². The number of rotatable bonds is 6. The van der Waals surface area contributed by atoms with Crippen molar-refractivity contribution in [2.75, 3.05) is 14.2 Å². The van der Waals surface area contributed by atoms with Gasteiger partial charge in [0, 0.05) is 23.6 Å². The van der Waals surface area contributed by atoms with Crippen LogP contribution in [0.3, 0.4) is 0 Å². The molecular formula is C22H22BrN3O3. The van der Waals surface area contributed by atoms with Crippen LogP contribution in [-0.4, -0.2) is 40.5 Å². The number of aryl methyl sites for hydroxylation is 1. The average molecular weight is 456 g/mol. The second-order valence-electron chi connectivity index (χ2n) is 6.74. The van der Waals surface area contributed by atoms with Crippen molar-refractivity contribution in [2.45, 2.75) is 20.4 Å². The molecule has 3 rings (SSSR count). The Bertz CT molecular complexity index is 1060. The van der Waals surface area contributed by atoms with E-state index < -0.39 is 11.7 Å². The van der Waals surface area contributed by atoms with Crippen LogP contribution in [0, 0.1) is 13.8 Å². The van der Waals surface area contributed by atoms with Gasteiger partial charge in [-0.25, -0.2) is 4.68 Å². The lowest BCUT2D eigenvalue weighted by Crippen LogP contribution is -2.33. The zero-order valence-corrected chi connectivity index (χ0v) is 18.4. The molecule has 29 heavy (non-hydrogen) atoms. The number of halogens is 1. The van der Waals surface area contributed by atoms with Gasteiger partial charge in [-0.05, 0) is 44.2 Å². The van der Waals surface area contributed by atoms with Gasteiger partial charge in [-0.15, -0.1) is 0 Å². The zero-order chi connectivity index (χ0) is 21.1. The van der Waals surface area contributed by atoms with E-state index in [4.69, 9.17) is 4.74 Å². The molecule has 2 aromatic carbocycles. The smallest absolute Gasteiger partial charge is 0.295 e. The van der Waals surface area contributed by atoms with E-state index in [-0.39, 0.29) is 6.54 Å². The third-order valence-corrected chi connectivity index (χ3v) is 5.20. The minimum atomic E-state index is -0.592. The minimum Gasteiger partial charge on any atom is -0.496 e. The largest absolute Gasteiger partial charge is 0.496 e. The lowest BCUT2D eigenvalue weighted by atomic mass is 10.1. The van der Waals surface area contributed by atoms with Gasteiger partial charge in [0.25, 0.3) is 11.7 Å². The molecule has 1 amide bonds. The summed E-state index contributed by atoms with van der Waals surface area (Å²) in [5.74, 6) is -0.506. The molecule has 7 heteroatoms. The van der Waals surface area contributed by atoms with Crippen molar-refractivity contribution in [2.24, 2.45) is 0 Å². The minimum absolute atomic E-state index is 0.248. The van der Waals surface area contributed by atoms with E-state index in [0.29, 0.717) is 22.7 Å². The molecule has 0 aliphatic rings. The van der Waals surface area contributed by atoms with Crippen molar-refractivity contribution in [3.05, 3.63) is 75.5 Å². The second-order valence-corrected chi connectivity index (χ2v) is 7.66. The van der Waals surface area contributed by atoms with Gasteiger partial charge in [0.2, 0.25) is 0 Å². The summed E-state index contributed by atoms with van der Waals surface area (Å²) >= 11 is 3.43. The molecule has 0 saturated heterocycles. The maximum atomic E-state index is 13.0. The monoisotopic (exact) mass is 455 g/mol. The van der Waals surface area contributed by atoms with Gasteiger partial charge in [-0.1, -0.05) is 34.1 Å². The Labute approximate surface area is 178 Å². The van der Waals surface area contributed by atoms with Gasteiger partial charge >= 0.3 is 0 Å². The number of Topliss-reactive ketones (excluding diaryl/α,β-unsaturated/α-hetero) is 1. The van der Waals surface area contributed by atoms with Gasteiger partial charge in [-0.2, -0.15) is 5.10 Å². The molecule has 6 nitrogen and oxygen atoms in total. The van der Waals surface area contributed by atoms with Crippen LogP contribution in [0.15, 0.2) is 53.0 Å². The number of benzene rings is 2. The number of nitrogens with zero attached hydrogens (tertiary/aromatic N) is 3. The Morgan fingerprint density at radius 2 is 1.83 bits per heavy atom. The first-order valence-corrected chi connectivity index (χ1v) is 9.86. The first-order valence-electron chi connectivity index (χ1n) is 9.07. The SMILES string of the molecule is COc1ccc(Br)cc1CN(C)C(=O)C(=O)c1c(C)nn(-c2ccccc2)c1C. The van der Waals surface area contributed by atoms with E-state index in [9.17, 15) is 9.59 Å². The lowest BCUT2D eigenvalue weighted by Gasteiger charge is -2.18. The van der Waals surface area contributed by atoms with Crippen LogP contribution in [-0.2, 0) is 11.3 Å². The van der Waals surface area contributed by atoms with Crippen molar-refractivity contribution in [3.63, 3.8) is 0 Å². The third-order valence-electron chi connectivity index (χ3n) is 4.71. The van der Waals surface area contributed by atoms with E-state index in [2.05, 4.69) is 21.0 Å². The summed E-state index contributed by atoms with van der Waals surface area (Å²) < 4.78 is 7.92. The number of hydrogen-bond acceptors (Lipinski definition) is 4. The maximum absolute atomic E-state index is 13.0. The molecule has 0 fully saturated rings. The van der Waals surface area contributed by atoms with Crippen LogP contribution in [0.2, 0.25) is 0 Å². The van der Waals surface area contributed by atoms with Crippen LogP contribution in [0.4, 0.5) is 0 Å². The molecule has 1 aromatic heterocycles. The fraction of sp³-hybridized carbons (Fsp3) is 0.227. The van der Waals surface area contributed by atoms with E-state index in [1.54, 1.807) is 32.7 Å². The number of para-hydroxylation sites is 1. The first kappa shape index (κ1) is 20.8. The first-order chi connectivity index (χ1) is 13.8. The summed E-state index contributed by atoms with van der Waals surface area (Å²) in [7, 11) is 3.18. The number of methoxy groups -OCH3 is 1. The molecule has 1 heterocycles. The van der Waals surface area contributed by atoms with Gasteiger partial charge in [0.15, 0.2) is 0 Å². The van der Waals surface area contributed by atoms with Crippen molar-refractivity contribution in [1.82, 2.24) is 14.7 Å². The van der Waals surface area contributed by atoms with E-state index in [1.807, 2.05) is 48.5 Å². The molecule has 150 valence electrons. The van der Waals surface area contributed by atoms with Gasteiger partial charge in [-0.3, -0.25) is 9.59 Å². The number of ether oxygens (including phenoxy) is 1. The average Bonchev–Trinajstić information content (AvgIpc) is 3.01. The molecule has 0 atom stereocenters. The highest BCUT2D eigenvalue weighted by Crippen LogP contribution is 2.25. The standard InChI is InChI=1S/C22H22BrN3O3/c1-14-20(15(2)26(24-14)18-8-6-5-7-9-18)21(27)22(28)25(3)13-16-12-17(23)10-11-19(16)29-4/h5-12H,13H2,1-4H3. The summed E-state index contributed by atoms with van der Waals surface area (Å²) in [6.07, 6.45) is 0. The second kappa shape index (κ2) is 8.61. The highest BCUT2D eigenvalue weighted by Gasteiger charge is 2.28. The number of amides is 1. The fourth-order valence-electron chi connectivity index (χ4n) is 3.27. The summed E-state index contributed by atoms with van der Waals surface area (Å²) in [5.41, 5.74) is 3.15. The Morgan fingerprint density at radius 1 is 1.14 bits per heavy atom. The summed E-state index contributed by atoms with van der Waals surface area (Å²) in [6.45, 7) is 3.78. The normalized spacial score (nSPS) is 10.7. The number of carbonyl (C=O) groups is 2. The molecule has 0 N–H and O–H groups in total. The molecule has 0 spiro atoms. The van der Waals surface area contributed by atoms with Crippen molar-refractivity contribution >= 4 is 27.6 Å². The Balaban J connectivity index is 1.86. The summed E-state index contributed by atoms with van der Waals surface area (Å²) in [6, 6.07) is 15.1. The third kappa shape index (κ3) is 4.24. The Kier molecular flexibility index (Phi) is 6.17. The van der Waals surface area contributed by atoms with E-state index >= 15 is 0 Å². The number of carbonyl (C=O) groups excluding carboxylic acids is 2. The molecule has 0 unspecified atom stereocenters. The number of hydrogen-bond donors (Lipinski definition) is 0. The van der Waals surface area contributed by atoms with Crippen molar-refractivity contribution in [1.29, 1.82) is 0 Å². The summed E-state index contributed by atoms with van der Waals surface area (Å²) in [4.78, 5) is 27.3. The Hall–Kier alpha value is -2.93. The Morgan fingerprint density at radius 3 is 2.48 bits per heavy atom. The quantitative estimate of drug-likeness (QED) is 0.414. The van der Waals surface area contributed by atoms with Gasteiger partial charge in [0.1, 0.15) is 5.75 Å². The molecule has 0 aliphatic carbocycles. The van der Waals surface area contributed by atoms with Crippen LogP contribution in [0.1, 0.15) is 27.3 Å². The van der Waals surface area contributed by atoms with Crippen LogP contribution < -0.4 is 4.74 Å². The van der Waals surface area contributed by atoms with E-state index in [1.165, 1.54) is 4.90 Å². The fourth-order valence-corrected chi connectivity index (χ4v) is 3.68. The van der Waals surface area contributed by atoms with Gasteiger partial charge < -0.3 is 9.64 Å². The molecule has 0 radical (unpaired) electrons. The number of aromatic nitrogens is 2. The lowest BCUT2D eigenvalue weighted by molar-refractivity contribution is -0.125.